The van der Waals surface area contributed by atoms with Crippen LogP contribution in [-0.2, 0) is 4.79 Å². The molecular formula is C18H11NO4. The zero-order valence-corrected chi connectivity index (χ0v) is 12.2. The maximum atomic E-state index is 11.5. The molecule has 23 heavy (non-hydrogen) atoms. The van der Waals surface area contributed by atoms with Gasteiger partial charge in [0.05, 0.1) is 10.3 Å². The van der Waals surface area contributed by atoms with E-state index < -0.39 is 10.9 Å². The van der Waals surface area contributed by atoms with Crippen LogP contribution in [0.15, 0.2) is 48.5 Å². The summed E-state index contributed by atoms with van der Waals surface area (Å²) >= 11 is 0. The number of esters is 1. The maximum Gasteiger partial charge on any atom is 0.319 e. The third-order valence-corrected chi connectivity index (χ3v) is 4.04. The molecule has 1 aliphatic carbocycles. The van der Waals surface area contributed by atoms with Crippen LogP contribution >= 0.6 is 0 Å². The van der Waals surface area contributed by atoms with Gasteiger partial charge in [-0.25, -0.2) is 0 Å². The second kappa shape index (κ2) is 4.64. The number of ether oxygens (including phenoxy) is 1. The average Bonchev–Trinajstić information content (AvgIpc) is 2.83. The highest BCUT2D eigenvalue weighted by molar-refractivity contribution is 6.18. The van der Waals surface area contributed by atoms with Crippen LogP contribution in [0.1, 0.15) is 6.92 Å². The van der Waals surface area contributed by atoms with Crippen molar-refractivity contribution in [1.29, 1.82) is 0 Å². The number of fused-ring (bicyclic) bond motifs is 3. The average molecular weight is 305 g/mol. The van der Waals surface area contributed by atoms with Crippen LogP contribution in [0, 0.1) is 10.1 Å². The summed E-state index contributed by atoms with van der Waals surface area (Å²) in [5.74, 6) is -0.596. The minimum atomic E-state index is -0.581. The third kappa shape index (κ3) is 1.83. The Morgan fingerprint density at radius 3 is 2.30 bits per heavy atom. The first-order valence-electron chi connectivity index (χ1n) is 7.10. The molecule has 0 N–H and O–H groups in total. The summed E-state index contributed by atoms with van der Waals surface area (Å²) in [7, 11) is 0. The molecule has 0 fully saturated rings. The number of nitro benzene ring substituents is 1. The van der Waals surface area contributed by atoms with Crippen molar-refractivity contribution < 1.29 is 14.5 Å². The molecule has 0 amide bonds. The lowest BCUT2D eigenvalue weighted by atomic mass is 10.0. The molecule has 0 radical (unpaired) electrons. The summed E-state index contributed by atoms with van der Waals surface area (Å²) in [5, 5.41) is 12.9. The zero-order valence-electron chi connectivity index (χ0n) is 12.2. The van der Waals surface area contributed by atoms with Gasteiger partial charge in [0, 0.05) is 12.3 Å². The molecule has 0 bridgehead atoms. The summed E-state index contributed by atoms with van der Waals surface area (Å²) in [6, 6.07) is 14.8. The molecule has 0 saturated carbocycles. The fourth-order valence-electron chi connectivity index (χ4n) is 3.25. The minimum Gasteiger partial charge on any atom is -0.419 e. The fraction of sp³-hybridized carbons (Fsp3) is 0.0556. The van der Waals surface area contributed by atoms with Crippen molar-refractivity contribution in [3.8, 4) is 28.0 Å². The highest BCUT2D eigenvalue weighted by Crippen LogP contribution is 2.51. The number of carbonyl (C=O) groups is 1. The standard InChI is InChI=1S/C18H11NO4/c1-10(20)23-16-9-15-12-6-3-2-5-11(12)13-7-4-8-14(17(13)15)18(16)19(21)22/h2-9H,1H3. The number of hydrogen-bond acceptors (Lipinski definition) is 4. The molecule has 0 saturated heterocycles. The Bertz CT molecular complexity index is 1010. The molecule has 5 heteroatoms. The molecular weight excluding hydrogens is 294 g/mol. The van der Waals surface area contributed by atoms with E-state index in [9.17, 15) is 14.9 Å². The molecule has 0 aromatic heterocycles. The fourth-order valence-corrected chi connectivity index (χ4v) is 3.25. The lowest BCUT2D eigenvalue weighted by Crippen LogP contribution is -2.04. The van der Waals surface area contributed by atoms with Gasteiger partial charge in [0.2, 0.25) is 5.75 Å². The van der Waals surface area contributed by atoms with Crippen molar-refractivity contribution in [2.45, 2.75) is 6.92 Å². The van der Waals surface area contributed by atoms with Crippen LogP contribution in [0.4, 0.5) is 5.69 Å². The minimum absolute atomic E-state index is 0.0150. The van der Waals surface area contributed by atoms with Gasteiger partial charge in [-0.3, -0.25) is 14.9 Å². The zero-order chi connectivity index (χ0) is 16.1. The first-order valence-corrected chi connectivity index (χ1v) is 7.10. The van der Waals surface area contributed by atoms with Gasteiger partial charge < -0.3 is 4.74 Å². The van der Waals surface area contributed by atoms with Gasteiger partial charge in [0.15, 0.2) is 0 Å². The monoisotopic (exact) mass is 305 g/mol. The second-order valence-corrected chi connectivity index (χ2v) is 5.40. The topological polar surface area (TPSA) is 69.4 Å². The van der Waals surface area contributed by atoms with Gasteiger partial charge in [-0.1, -0.05) is 36.4 Å². The molecule has 0 spiro atoms. The lowest BCUT2D eigenvalue weighted by Gasteiger charge is -2.08. The number of hydrogen-bond donors (Lipinski definition) is 0. The predicted octanol–water partition coefficient (Wildman–Crippen LogP) is 4.32. The van der Waals surface area contributed by atoms with Gasteiger partial charge in [-0.05, 0) is 34.4 Å². The van der Waals surface area contributed by atoms with Gasteiger partial charge in [-0.15, -0.1) is 0 Å². The normalized spacial score (nSPS) is 11.3. The maximum absolute atomic E-state index is 11.5. The molecule has 0 atom stereocenters. The molecule has 0 unspecified atom stereocenters. The summed E-state index contributed by atoms with van der Waals surface area (Å²) < 4.78 is 5.11. The van der Waals surface area contributed by atoms with E-state index in [0.29, 0.717) is 5.39 Å². The Labute approximate surface area is 131 Å². The smallest absolute Gasteiger partial charge is 0.319 e. The molecule has 4 rings (SSSR count). The van der Waals surface area contributed by atoms with E-state index in [0.717, 1.165) is 27.6 Å². The van der Waals surface area contributed by atoms with Crippen LogP contribution < -0.4 is 4.74 Å². The van der Waals surface area contributed by atoms with Crippen LogP contribution in [0.3, 0.4) is 0 Å². The highest BCUT2D eigenvalue weighted by Gasteiger charge is 2.29. The van der Waals surface area contributed by atoms with Crippen LogP contribution in [0.2, 0.25) is 0 Å². The van der Waals surface area contributed by atoms with Crippen LogP contribution in [-0.4, -0.2) is 10.9 Å². The SMILES string of the molecule is CC(=O)Oc1cc2c3c(cccc3c1[N+](=O)[O-])-c1ccccc1-2. The molecule has 3 aromatic carbocycles. The second-order valence-electron chi connectivity index (χ2n) is 5.40. The van der Waals surface area contributed by atoms with E-state index >= 15 is 0 Å². The molecule has 1 aliphatic rings. The van der Waals surface area contributed by atoms with E-state index in [1.54, 1.807) is 18.2 Å². The molecule has 3 aromatic rings. The largest absolute Gasteiger partial charge is 0.419 e. The summed E-state index contributed by atoms with van der Waals surface area (Å²) in [6.45, 7) is 1.23. The van der Waals surface area contributed by atoms with Crippen LogP contribution in [0.5, 0.6) is 5.75 Å². The molecule has 112 valence electrons. The lowest BCUT2D eigenvalue weighted by molar-refractivity contribution is -0.383. The first-order chi connectivity index (χ1) is 11.1. The van der Waals surface area contributed by atoms with Crippen molar-refractivity contribution in [3.63, 3.8) is 0 Å². The number of nitro groups is 1. The Kier molecular flexibility index (Phi) is 2.72. The summed E-state index contributed by atoms with van der Waals surface area (Å²) in [4.78, 5) is 22.4. The number of rotatable bonds is 2. The van der Waals surface area contributed by atoms with E-state index in [1.807, 2.05) is 30.3 Å². The number of carbonyl (C=O) groups excluding carboxylic acids is 1. The predicted molar refractivity (Wildman–Crippen MR) is 86.3 cm³/mol. The van der Waals surface area contributed by atoms with Crippen LogP contribution in [0.25, 0.3) is 33.0 Å². The van der Waals surface area contributed by atoms with Gasteiger partial charge >= 0.3 is 11.7 Å². The van der Waals surface area contributed by atoms with E-state index in [1.165, 1.54) is 6.92 Å². The van der Waals surface area contributed by atoms with Crippen molar-refractivity contribution >= 4 is 22.4 Å². The van der Waals surface area contributed by atoms with Crippen molar-refractivity contribution in [2.75, 3.05) is 0 Å². The molecule has 0 heterocycles. The summed E-state index contributed by atoms with van der Waals surface area (Å²) in [6.07, 6.45) is 0. The molecule has 0 aliphatic heterocycles. The Morgan fingerprint density at radius 1 is 1.00 bits per heavy atom. The van der Waals surface area contributed by atoms with E-state index in [-0.39, 0.29) is 11.4 Å². The quantitative estimate of drug-likeness (QED) is 0.239. The number of nitrogens with zero attached hydrogens (tertiary/aromatic N) is 1. The van der Waals surface area contributed by atoms with Crippen molar-refractivity contribution in [2.24, 2.45) is 0 Å². The third-order valence-electron chi connectivity index (χ3n) is 4.04. The Balaban J connectivity index is 2.17. The van der Waals surface area contributed by atoms with Crippen molar-refractivity contribution in [1.82, 2.24) is 0 Å². The Hall–Kier alpha value is -3.21. The highest BCUT2D eigenvalue weighted by atomic mass is 16.6. The van der Waals surface area contributed by atoms with Gasteiger partial charge in [0.25, 0.3) is 0 Å². The first kappa shape index (κ1) is 13.5. The summed E-state index contributed by atoms with van der Waals surface area (Å²) in [5.41, 5.74) is 3.66. The van der Waals surface area contributed by atoms with E-state index in [4.69, 9.17) is 4.74 Å². The van der Waals surface area contributed by atoms with E-state index in [2.05, 4.69) is 0 Å². The van der Waals surface area contributed by atoms with Crippen molar-refractivity contribution in [3.05, 3.63) is 58.6 Å². The van der Waals surface area contributed by atoms with Gasteiger partial charge in [-0.2, -0.15) is 0 Å². The number of benzene rings is 3. The van der Waals surface area contributed by atoms with Gasteiger partial charge in [0.1, 0.15) is 0 Å². The Morgan fingerprint density at radius 2 is 1.65 bits per heavy atom. The molecule has 5 nitrogen and oxygen atoms in total.